The van der Waals surface area contributed by atoms with Gasteiger partial charge in [-0.05, 0) is 37.3 Å². The van der Waals surface area contributed by atoms with Crippen LogP contribution in [-0.2, 0) is 11.3 Å². The van der Waals surface area contributed by atoms with Crippen molar-refractivity contribution in [3.05, 3.63) is 24.3 Å². The number of aliphatic carboxylic acids is 1. The lowest BCUT2D eigenvalue weighted by Crippen LogP contribution is -2.41. The summed E-state index contributed by atoms with van der Waals surface area (Å²) < 4.78 is 10.6. The van der Waals surface area contributed by atoms with Crippen molar-refractivity contribution in [2.45, 2.75) is 50.7 Å². The van der Waals surface area contributed by atoms with Crippen molar-refractivity contribution in [2.24, 2.45) is 5.92 Å². The summed E-state index contributed by atoms with van der Waals surface area (Å²) in [6.45, 7) is 0.381. The van der Waals surface area contributed by atoms with E-state index in [1.54, 1.807) is 18.4 Å². The minimum Gasteiger partial charge on any atom is -0.480 e. The number of furan rings is 1. The summed E-state index contributed by atoms with van der Waals surface area (Å²) in [5.74, 6) is 1.10. The number of carboxylic acid groups (broad SMARTS) is 1. The molecule has 23 heavy (non-hydrogen) atoms. The molecule has 0 spiro atoms. The topological polar surface area (TPSA) is 92.6 Å². The fraction of sp³-hybridized carbons (Fsp3) is 0.562. The van der Waals surface area contributed by atoms with Gasteiger partial charge in [0.15, 0.2) is 5.76 Å². The first-order chi connectivity index (χ1) is 11.2. The van der Waals surface area contributed by atoms with Gasteiger partial charge >= 0.3 is 5.97 Å². The number of fused-ring (bicyclic) bond motifs is 1. The van der Waals surface area contributed by atoms with Gasteiger partial charge in [-0.3, -0.25) is 9.69 Å². The molecular weight excluding hydrogens is 298 g/mol. The highest BCUT2D eigenvalue weighted by Gasteiger charge is 2.45. The molecule has 2 fully saturated rings. The van der Waals surface area contributed by atoms with Crippen LogP contribution in [-0.4, -0.2) is 38.2 Å². The Hall–Kier alpha value is -2.15. The first-order valence-corrected chi connectivity index (χ1v) is 8.07. The van der Waals surface area contributed by atoms with Crippen LogP contribution in [0, 0.1) is 5.92 Å². The van der Waals surface area contributed by atoms with Crippen LogP contribution < -0.4 is 0 Å². The van der Waals surface area contributed by atoms with E-state index in [1.165, 1.54) is 6.42 Å². The monoisotopic (exact) mass is 317 g/mol. The molecule has 1 saturated heterocycles. The molecule has 7 nitrogen and oxygen atoms in total. The summed E-state index contributed by atoms with van der Waals surface area (Å²) in [6, 6.07) is 3.38. The minimum absolute atomic E-state index is 0.309. The number of hydrogen-bond donors (Lipinski definition) is 1. The Bertz CT molecular complexity index is 681. The van der Waals surface area contributed by atoms with Crippen molar-refractivity contribution >= 4 is 5.97 Å². The SMILES string of the molecule is O=C(O)[C@@H]1C[C@@H]2CCCC[C@H]2N1Cc1nc(-c2ccco2)no1. The Labute approximate surface area is 133 Å². The third kappa shape index (κ3) is 2.65. The maximum Gasteiger partial charge on any atom is 0.320 e. The van der Waals surface area contributed by atoms with Crippen LogP contribution in [0.15, 0.2) is 27.3 Å². The average molecular weight is 317 g/mol. The van der Waals surface area contributed by atoms with Crippen LogP contribution in [0.4, 0.5) is 0 Å². The average Bonchev–Trinajstić information content (AvgIpc) is 3.26. The van der Waals surface area contributed by atoms with Gasteiger partial charge in [-0.1, -0.05) is 18.0 Å². The summed E-state index contributed by atoms with van der Waals surface area (Å²) in [7, 11) is 0. The number of carbonyl (C=O) groups is 1. The Kier molecular flexibility index (Phi) is 3.65. The van der Waals surface area contributed by atoms with E-state index in [0.29, 0.717) is 36.0 Å². The molecule has 7 heteroatoms. The highest BCUT2D eigenvalue weighted by molar-refractivity contribution is 5.74. The van der Waals surface area contributed by atoms with Crippen LogP contribution in [0.25, 0.3) is 11.6 Å². The number of hydrogen-bond acceptors (Lipinski definition) is 6. The second-order valence-corrected chi connectivity index (χ2v) is 6.36. The predicted octanol–water partition coefficient (Wildman–Crippen LogP) is 2.55. The molecule has 2 aromatic rings. The van der Waals surface area contributed by atoms with Crippen LogP contribution in [0.3, 0.4) is 0 Å². The predicted molar refractivity (Wildman–Crippen MR) is 79.3 cm³/mol. The number of rotatable bonds is 4. The fourth-order valence-electron chi connectivity index (χ4n) is 4.00. The minimum atomic E-state index is -0.759. The molecule has 1 aliphatic carbocycles. The Morgan fingerprint density at radius 3 is 3.04 bits per heavy atom. The van der Waals surface area contributed by atoms with E-state index in [0.717, 1.165) is 25.7 Å². The van der Waals surface area contributed by atoms with Gasteiger partial charge < -0.3 is 14.0 Å². The Morgan fingerprint density at radius 2 is 2.26 bits per heavy atom. The zero-order chi connectivity index (χ0) is 15.8. The van der Waals surface area contributed by atoms with E-state index in [1.807, 2.05) is 4.90 Å². The van der Waals surface area contributed by atoms with Crippen molar-refractivity contribution < 1.29 is 18.8 Å². The molecule has 0 aromatic carbocycles. The largest absolute Gasteiger partial charge is 0.480 e. The van der Waals surface area contributed by atoms with Gasteiger partial charge in [0.1, 0.15) is 6.04 Å². The summed E-state index contributed by atoms with van der Waals surface area (Å²) in [4.78, 5) is 18.0. The lowest BCUT2D eigenvalue weighted by molar-refractivity contribution is -0.143. The Balaban J connectivity index is 1.55. The van der Waals surface area contributed by atoms with Gasteiger partial charge in [0.25, 0.3) is 0 Å². The molecule has 3 atom stereocenters. The maximum atomic E-state index is 11.6. The lowest BCUT2D eigenvalue weighted by atomic mass is 9.85. The van der Waals surface area contributed by atoms with Crippen molar-refractivity contribution in [3.63, 3.8) is 0 Å². The summed E-state index contributed by atoms with van der Waals surface area (Å²) in [5, 5.41) is 13.5. The Morgan fingerprint density at radius 1 is 1.39 bits per heavy atom. The second kappa shape index (κ2) is 5.81. The molecule has 3 heterocycles. The fourth-order valence-corrected chi connectivity index (χ4v) is 4.00. The zero-order valence-corrected chi connectivity index (χ0v) is 12.7. The second-order valence-electron chi connectivity index (χ2n) is 6.36. The van der Waals surface area contributed by atoms with E-state index in [9.17, 15) is 9.90 Å². The molecule has 0 bridgehead atoms. The van der Waals surface area contributed by atoms with Gasteiger partial charge in [-0.15, -0.1) is 0 Å². The van der Waals surface area contributed by atoms with Gasteiger partial charge in [-0.2, -0.15) is 4.98 Å². The molecular formula is C16H19N3O4. The molecule has 2 aromatic heterocycles. The van der Waals surface area contributed by atoms with E-state index in [-0.39, 0.29) is 0 Å². The molecule has 122 valence electrons. The van der Waals surface area contributed by atoms with Crippen LogP contribution >= 0.6 is 0 Å². The van der Waals surface area contributed by atoms with Crippen molar-refractivity contribution in [1.29, 1.82) is 0 Å². The normalized spacial score (nSPS) is 27.9. The summed E-state index contributed by atoms with van der Waals surface area (Å²) in [5.41, 5.74) is 0. The first-order valence-electron chi connectivity index (χ1n) is 8.07. The summed E-state index contributed by atoms with van der Waals surface area (Å²) >= 11 is 0. The van der Waals surface area contributed by atoms with E-state index >= 15 is 0 Å². The van der Waals surface area contributed by atoms with Gasteiger partial charge in [-0.25, -0.2) is 0 Å². The molecule has 1 N–H and O–H groups in total. The third-order valence-electron chi connectivity index (χ3n) is 5.03. The highest BCUT2D eigenvalue weighted by Crippen LogP contribution is 2.40. The van der Waals surface area contributed by atoms with E-state index in [2.05, 4.69) is 10.1 Å². The molecule has 0 unspecified atom stereocenters. The third-order valence-corrected chi connectivity index (χ3v) is 5.03. The van der Waals surface area contributed by atoms with Gasteiger partial charge in [0.2, 0.25) is 11.7 Å². The maximum absolute atomic E-state index is 11.6. The molecule has 1 aliphatic heterocycles. The smallest absolute Gasteiger partial charge is 0.320 e. The van der Waals surface area contributed by atoms with Crippen LogP contribution in [0.2, 0.25) is 0 Å². The van der Waals surface area contributed by atoms with Crippen molar-refractivity contribution in [2.75, 3.05) is 0 Å². The van der Waals surface area contributed by atoms with E-state index < -0.39 is 12.0 Å². The van der Waals surface area contributed by atoms with Crippen molar-refractivity contribution in [3.8, 4) is 11.6 Å². The number of aromatic nitrogens is 2. The molecule has 4 rings (SSSR count). The number of carboxylic acids is 1. The molecule has 1 saturated carbocycles. The molecule has 0 radical (unpaired) electrons. The summed E-state index contributed by atoms with van der Waals surface area (Å²) in [6.07, 6.45) is 6.80. The van der Waals surface area contributed by atoms with Crippen LogP contribution in [0.5, 0.6) is 0 Å². The number of nitrogens with zero attached hydrogens (tertiary/aromatic N) is 3. The standard InChI is InChI=1S/C16H19N3O4/c20-16(21)12-8-10-4-1-2-5-11(10)19(12)9-14-17-15(18-23-14)13-6-3-7-22-13/h3,6-7,10-12H,1-2,4-5,8-9H2,(H,20,21)/t10-,11+,12-/m0/s1. The molecule has 2 aliphatic rings. The zero-order valence-electron chi connectivity index (χ0n) is 12.7. The quantitative estimate of drug-likeness (QED) is 0.926. The lowest BCUT2D eigenvalue weighted by Gasteiger charge is -2.31. The van der Waals surface area contributed by atoms with Crippen molar-refractivity contribution in [1.82, 2.24) is 15.0 Å². The van der Waals surface area contributed by atoms with Gasteiger partial charge in [0, 0.05) is 6.04 Å². The highest BCUT2D eigenvalue weighted by atomic mass is 16.5. The molecule has 0 amide bonds. The first kappa shape index (κ1) is 14.4. The number of likely N-dealkylation sites (tertiary alicyclic amines) is 1. The van der Waals surface area contributed by atoms with Crippen LogP contribution in [0.1, 0.15) is 38.0 Å². The van der Waals surface area contributed by atoms with E-state index in [4.69, 9.17) is 8.94 Å². The van der Waals surface area contributed by atoms with Gasteiger partial charge in [0.05, 0.1) is 12.8 Å².